The number of aromatic nitrogens is 4. The molecule has 1 aromatic carbocycles. The SMILES string of the molecule is COc1nc(N2CC(O)C2)cc(-n2ncc3cc(C)c([C@@H]4CCN(C)C[C@@H]4C(C)C)cc32)n1. The second-order valence-electron chi connectivity index (χ2n) is 10.0. The lowest BCUT2D eigenvalue weighted by molar-refractivity contribution is 0.141. The van der Waals surface area contributed by atoms with Crippen LogP contribution in [0.4, 0.5) is 5.82 Å². The van der Waals surface area contributed by atoms with Crippen molar-refractivity contribution >= 4 is 16.7 Å². The molecule has 2 aromatic heterocycles. The van der Waals surface area contributed by atoms with Gasteiger partial charge in [-0.15, -0.1) is 0 Å². The van der Waals surface area contributed by atoms with Crippen molar-refractivity contribution in [3.05, 3.63) is 35.5 Å². The molecular formula is C25H34N6O2. The third-order valence-electron chi connectivity index (χ3n) is 7.34. The molecule has 2 atom stereocenters. The fourth-order valence-corrected chi connectivity index (χ4v) is 5.40. The van der Waals surface area contributed by atoms with Crippen LogP contribution in [0.3, 0.4) is 0 Å². The third-order valence-corrected chi connectivity index (χ3v) is 7.34. The number of hydrogen-bond donors (Lipinski definition) is 1. The number of likely N-dealkylation sites (tertiary alicyclic amines) is 1. The summed E-state index contributed by atoms with van der Waals surface area (Å²) in [6, 6.07) is 6.81. The molecule has 4 heterocycles. The predicted octanol–water partition coefficient (Wildman–Crippen LogP) is 3.00. The van der Waals surface area contributed by atoms with Crippen molar-refractivity contribution < 1.29 is 9.84 Å². The minimum Gasteiger partial charge on any atom is -0.467 e. The van der Waals surface area contributed by atoms with Crippen LogP contribution in [-0.4, -0.2) is 76.2 Å². The molecule has 0 amide bonds. The maximum absolute atomic E-state index is 9.72. The fraction of sp³-hybridized carbons (Fsp3) is 0.560. The lowest BCUT2D eigenvalue weighted by Crippen LogP contribution is -2.51. The van der Waals surface area contributed by atoms with Gasteiger partial charge in [-0.1, -0.05) is 13.8 Å². The van der Waals surface area contributed by atoms with Crippen LogP contribution in [0.5, 0.6) is 6.01 Å². The Morgan fingerprint density at radius 1 is 1.09 bits per heavy atom. The van der Waals surface area contributed by atoms with Crippen LogP contribution in [0.15, 0.2) is 24.4 Å². The Kier molecular flexibility index (Phi) is 5.74. The first-order valence-corrected chi connectivity index (χ1v) is 11.9. The van der Waals surface area contributed by atoms with Gasteiger partial charge in [-0.05, 0) is 68.0 Å². The summed E-state index contributed by atoms with van der Waals surface area (Å²) in [5.41, 5.74) is 3.80. The van der Waals surface area contributed by atoms with Crippen LogP contribution < -0.4 is 9.64 Å². The first kappa shape index (κ1) is 22.1. The van der Waals surface area contributed by atoms with E-state index in [0.29, 0.717) is 42.7 Å². The number of aliphatic hydroxyl groups excluding tert-OH is 1. The van der Waals surface area contributed by atoms with Gasteiger partial charge >= 0.3 is 6.01 Å². The quantitative estimate of drug-likeness (QED) is 0.640. The van der Waals surface area contributed by atoms with E-state index in [0.717, 1.165) is 29.8 Å². The largest absolute Gasteiger partial charge is 0.467 e. The molecule has 0 unspecified atom stereocenters. The smallest absolute Gasteiger partial charge is 0.320 e. The zero-order valence-corrected chi connectivity index (χ0v) is 20.2. The van der Waals surface area contributed by atoms with Gasteiger partial charge < -0.3 is 19.6 Å². The molecule has 2 saturated heterocycles. The molecule has 0 aliphatic carbocycles. The first-order valence-electron chi connectivity index (χ1n) is 11.9. The molecule has 0 bridgehead atoms. The molecule has 8 nitrogen and oxygen atoms in total. The highest BCUT2D eigenvalue weighted by Gasteiger charge is 2.32. The molecule has 0 saturated carbocycles. The average molecular weight is 451 g/mol. The Balaban J connectivity index is 1.58. The Labute approximate surface area is 195 Å². The van der Waals surface area contributed by atoms with Crippen LogP contribution in [0, 0.1) is 18.8 Å². The van der Waals surface area contributed by atoms with Crippen LogP contribution in [-0.2, 0) is 0 Å². The zero-order valence-electron chi connectivity index (χ0n) is 20.2. The summed E-state index contributed by atoms with van der Waals surface area (Å²) in [4.78, 5) is 13.5. The van der Waals surface area contributed by atoms with Gasteiger partial charge in [0.05, 0.1) is 24.9 Å². The highest BCUT2D eigenvalue weighted by Crippen LogP contribution is 2.40. The van der Waals surface area contributed by atoms with Crippen LogP contribution in [0.1, 0.15) is 37.3 Å². The number of β-amino-alcohol motifs (C(OH)–C–C–N with tert-alkyl or cyclic N) is 1. The Morgan fingerprint density at radius 2 is 1.85 bits per heavy atom. The zero-order chi connectivity index (χ0) is 23.3. The summed E-state index contributed by atoms with van der Waals surface area (Å²) in [5.74, 6) is 3.20. The van der Waals surface area contributed by atoms with Gasteiger partial charge in [-0.3, -0.25) is 0 Å². The van der Waals surface area contributed by atoms with Crippen molar-refractivity contribution in [3.63, 3.8) is 0 Å². The minimum atomic E-state index is -0.311. The first-order chi connectivity index (χ1) is 15.8. The fourth-order valence-electron chi connectivity index (χ4n) is 5.40. The molecule has 2 aliphatic rings. The van der Waals surface area contributed by atoms with E-state index < -0.39 is 0 Å². The van der Waals surface area contributed by atoms with Crippen LogP contribution in [0.2, 0.25) is 0 Å². The lowest BCUT2D eigenvalue weighted by atomic mass is 9.74. The summed E-state index contributed by atoms with van der Waals surface area (Å²) in [6.07, 6.45) is 2.76. The van der Waals surface area contributed by atoms with E-state index in [4.69, 9.17) is 4.74 Å². The molecule has 33 heavy (non-hydrogen) atoms. The molecular weight excluding hydrogens is 416 g/mol. The summed E-state index contributed by atoms with van der Waals surface area (Å²) < 4.78 is 7.27. The van der Waals surface area contributed by atoms with E-state index in [2.05, 4.69) is 59.9 Å². The number of aliphatic hydroxyl groups is 1. The topological polar surface area (TPSA) is 79.5 Å². The minimum absolute atomic E-state index is 0.301. The number of benzene rings is 1. The number of piperidine rings is 1. The maximum atomic E-state index is 9.72. The predicted molar refractivity (Wildman–Crippen MR) is 129 cm³/mol. The van der Waals surface area contributed by atoms with Gasteiger partial charge in [0.2, 0.25) is 0 Å². The van der Waals surface area contributed by atoms with Gasteiger partial charge in [-0.25, -0.2) is 4.68 Å². The number of fused-ring (bicyclic) bond motifs is 1. The Morgan fingerprint density at radius 3 is 2.55 bits per heavy atom. The normalized spacial score (nSPS) is 22.2. The number of aryl methyl sites for hydroxylation is 1. The summed E-state index contributed by atoms with van der Waals surface area (Å²) in [7, 11) is 3.80. The molecule has 8 heteroatoms. The Bertz CT molecular complexity index is 1150. The maximum Gasteiger partial charge on any atom is 0.320 e. The van der Waals surface area contributed by atoms with E-state index >= 15 is 0 Å². The summed E-state index contributed by atoms with van der Waals surface area (Å²) in [5, 5.41) is 15.5. The van der Waals surface area contributed by atoms with Gasteiger partial charge in [0.25, 0.3) is 0 Å². The van der Waals surface area contributed by atoms with E-state index in [1.165, 1.54) is 17.5 Å². The van der Waals surface area contributed by atoms with Crippen molar-refractivity contribution in [1.82, 2.24) is 24.6 Å². The number of hydrogen-bond acceptors (Lipinski definition) is 7. The van der Waals surface area contributed by atoms with Crippen LogP contribution in [0.25, 0.3) is 16.7 Å². The van der Waals surface area contributed by atoms with Crippen LogP contribution >= 0.6 is 0 Å². The van der Waals surface area contributed by atoms with Gasteiger partial charge in [0, 0.05) is 31.1 Å². The second-order valence-corrected chi connectivity index (χ2v) is 10.0. The van der Waals surface area contributed by atoms with E-state index in [9.17, 15) is 5.11 Å². The summed E-state index contributed by atoms with van der Waals surface area (Å²) in [6.45, 7) is 10.3. The van der Waals surface area contributed by atoms with Gasteiger partial charge in [0.15, 0.2) is 5.82 Å². The highest BCUT2D eigenvalue weighted by atomic mass is 16.5. The molecule has 0 radical (unpaired) electrons. The van der Waals surface area contributed by atoms with E-state index in [-0.39, 0.29) is 6.10 Å². The van der Waals surface area contributed by atoms with E-state index in [1.54, 1.807) is 7.11 Å². The monoisotopic (exact) mass is 450 g/mol. The van der Waals surface area contributed by atoms with E-state index in [1.807, 2.05) is 21.8 Å². The highest BCUT2D eigenvalue weighted by molar-refractivity contribution is 5.82. The third kappa shape index (κ3) is 4.06. The molecule has 2 aliphatic heterocycles. The molecule has 1 N–H and O–H groups in total. The number of ether oxygens (including phenoxy) is 1. The molecule has 176 valence electrons. The number of nitrogens with zero attached hydrogens (tertiary/aromatic N) is 6. The van der Waals surface area contributed by atoms with Gasteiger partial charge in [0.1, 0.15) is 5.82 Å². The number of rotatable bonds is 5. The molecule has 5 rings (SSSR count). The summed E-state index contributed by atoms with van der Waals surface area (Å²) >= 11 is 0. The average Bonchev–Trinajstić information content (AvgIpc) is 3.18. The second kappa shape index (κ2) is 8.57. The standard InChI is InChI=1S/C25H34N6O2/c1-15(2)21-14-29(4)7-6-19(21)20-9-22-17(8-16(20)3)11-26-31(22)24-10-23(27-25(28-24)33-5)30-12-18(32)13-30/h8-11,15,18-19,21,32H,6-7,12-14H2,1-5H3/t19-,21+/m0/s1. The van der Waals surface area contributed by atoms with Crippen molar-refractivity contribution in [1.29, 1.82) is 0 Å². The van der Waals surface area contributed by atoms with Gasteiger partial charge in [-0.2, -0.15) is 15.1 Å². The molecule has 2 fully saturated rings. The van der Waals surface area contributed by atoms with Crippen molar-refractivity contribution in [2.45, 2.75) is 39.2 Å². The lowest BCUT2D eigenvalue weighted by Gasteiger charge is -2.40. The molecule has 0 spiro atoms. The van der Waals surface area contributed by atoms with Crippen molar-refractivity contribution in [2.75, 3.05) is 45.2 Å². The van der Waals surface area contributed by atoms with Crippen molar-refractivity contribution in [3.8, 4) is 11.8 Å². The Hall–Kier alpha value is -2.71. The number of anilines is 1. The van der Waals surface area contributed by atoms with Crippen molar-refractivity contribution in [2.24, 2.45) is 11.8 Å². The number of methoxy groups -OCH3 is 1. The molecule has 3 aromatic rings.